The van der Waals surface area contributed by atoms with Gasteiger partial charge < -0.3 is 9.36 Å². The van der Waals surface area contributed by atoms with E-state index in [2.05, 4.69) is 35.5 Å². The molecule has 0 spiro atoms. The number of Topliss-reactive ketones (excluding diaryl/α,β-unsaturated/α-hetero) is 1. The summed E-state index contributed by atoms with van der Waals surface area (Å²) in [6.07, 6.45) is 3.21. The van der Waals surface area contributed by atoms with Crippen molar-refractivity contribution < 1.29 is 4.79 Å². The average Bonchev–Trinajstić information content (AvgIpc) is 2.67. The SMILES string of the molecule is CC(=O)CCc1ccc(-n2c(C)ccc2C)nc1. The first-order chi connectivity index (χ1) is 8.58. The largest absolute Gasteiger partial charge is 0.303 e. The summed E-state index contributed by atoms with van der Waals surface area (Å²) in [6, 6.07) is 8.22. The van der Waals surface area contributed by atoms with Crippen molar-refractivity contribution in [3.8, 4) is 5.82 Å². The van der Waals surface area contributed by atoms with Crippen LogP contribution in [0, 0.1) is 13.8 Å². The summed E-state index contributed by atoms with van der Waals surface area (Å²) in [6.45, 7) is 5.75. The van der Waals surface area contributed by atoms with Crippen molar-refractivity contribution in [1.29, 1.82) is 0 Å². The third kappa shape index (κ3) is 2.67. The molecule has 0 saturated carbocycles. The van der Waals surface area contributed by atoms with Gasteiger partial charge in [-0.1, -0.05) is 6.07 Å². The third-order valence-electron chi connectivity index (χ3n) is 3.08. The molecule has 0 amide bonds. The van der Waals surface area contributed by atoms with Crippen LogP contribution in [0.25, 0.3) is 5.82 Å². The number of nitrogens with zero attached hydrogens (tertiary/aromatic N) is 2. The summed E-state index contributed by atoms with van der Waals surface area (Å²) in [4.78, 5) is 15.4. The highest BCUT2D eigenvalue weighted by molar-refractivity contribution is 5.75. The molecule has 0 unspecified atom stereocenters. The van der Waals surface area contributed by atoms with E-state index in [9.17, 15) is 4.79 Å². The van der Waals surface area contributed by atoms with E-state index in [0.717, 1.165) is 17.8 Å². The summed E-state index contributed by atoms with van der Waals surface area (Å²) < 4.78 is 2.12. The minimum Gasteiger partial charge on any atom is -0.303 e. The molecule has 0 fully saturated rings. The topological polar surface area (TPSA) is 34.9 Å². The summed E-state index contributed by atoms with van der Waals surface area (Å²) in [7, 11) is 0. The number of aromatic nitrogens is 2. The van der Waals surface area contributed by atoms with E-state index in [0.29, 0.717) is 6.42 Å². The third-order valence-corrected chi connectivity index (χ3v) is 3.08. The Morgan fingerprint density at radius 3 is 2.33 bits per heavy atom. The van der Waals surface area contributed by atoms with Crippen molar-refractivity contribution >= 4 is 5.78 Å². The molecule has 0 aliphatic carbocycles. The van der Waals surface area contributed by atoms with Gasteiger partial charge in [-0.15, -0.1) is 0 Å². The average molecular weight is 242 g/mol. The van der Waals surface area contributed by atoms with Crippen LogP contribution in [0.5, 0.6) is 0 Å². The van der Waals surface area contributed by atoms with Gasteiger partial charge in [0.2, 0.25) is 0 Å². The number of ketones is 1. The fourth-order valence-corrected chi connectivity index (χ4v) is 2.05. The Kier molecular flexibility index (Phi) is 3.60. The first kappa shape index (κ1) is 12.6. The quantitative estimate of drug-likeness (QED) is 0.826. The molecule has 0 saturated heterocycles. The second kappa shape index (κ2) is 5.17. The van der Waals surface area contributed by atoms with Crippen LogP contribution >= 0.6 is 0 Å². The van der Waals surface area contributed by atoms with E-state index in [-0.39, 0.29) is 5.78 Å². The second-order valence-electron chi connectivity index (χ2n) is 4.68. The second-order valence-corrected chi connectivity index (χ2v) is 4.68. The molecule has 0 bridgehead atoms. The molecular weight excluding hydrogens is 224 g/mol. The summed E-state index contributed by atoms with van der Waals surface area (Å²) >= 11 is 0. The first-order valence-electron chi connectivity index (χ1n) is 6.17. The minimum atomic E-state index is 0.219. The first-order valence-corrected chi connectivity index (χ1v) is 6.17. The normalized spacial score (nSPS) is 10.6. The van der Waals surface area contributed by atoms with Crippen LogP contribution in [0.15, 0.2) is 30.5 Å². The Morgan fingerprint density at radius 2 is 1.83 bits per heavy atom. The Balaban J connectivity index is 2.20. The number of rotatable bonds is 4. The molecule has 0 aliphatic rings. The number of aryl methyl sites for hydroxylation is 3. The zero-order chi connectivity index (χ0) is 13.1. The lowest BCUT2D eigenvalue weighted by Gasteiger charge is -2.08. The van der Waals surface area contributed by atoms with Gasteiger partial charge in [-0.3, -0.25) is 0 Å². The van der Waals surface area contributed by atoms with Gasteiger partial charge in [0, 0.05) is 24.0 Å². The predicted octanol–water partition coefficient (Wildman–Crippen LogP) is 3.01. The van der Waals surface area contributed by atoms with Gasteiger partial charge in [0.05, 0.1) is 0 Å². The summed E-state index contributed by atoms with van der Waals surface area (Å²) in [5.74, 6) is 1.15. The summed E-state index contributed by atoms with van der Waals surface area (Å²) in [5.41, 5.74) is 3.46. The van der Waals surface area contributed by atoms with Gasteiger partial charge in [-0.25, -0.2) is 4.98 Å². The fourth-order valence-electron chi connectivity index (χ4n) is 2.05. The van der Waals surface area contributed by atoms with Crippen molar-refractivity contribution in [1.82, 2.24) is 9.55 Å². The highest BCUT2D eigenvalue weighted by atomic mass is 16.1. The van der Waals surface area contributed by atoms with E-state index < -0.39 is 0 Å². The van der Waals surface area contributed by atoms with Crippen LogP contribution in [-0.4, -0.2) is 15.3 Å². The zero-order valence-corrected chi connectivity index (χ0v) is 11.1. The van der Waals surface area contributed by atoms with Crippen molar-refractivity contribution in [3.05, 3.63) is 47.4 Å². The molecule has 3 heteroatoms. The summed E-state index contributed by atoms with van der Waals surface area (Å²) in [5, 5.41) is 0. The number of pyridine rings is 1. The molecular formula is C15H18N2O. The van der Waals surface area contributed by atoms with Gasteiger partial charge in [-0.05, 0) is 51.0 Å². The molecule has 2 aromatic rings. The van der Waals surface area contributed by atoms with Crippen molar-refractivity contribution in [2.24, 2.45) is 0 Å². The number of carbonyl (C=O) groups excluding carboxylic acids is 1. The standard InChI is InChI=1S/C15H18N2O/c1-11-4-5-12(2)17(11)15-9-8-14(10-16-15)7-6-13(3)18/h4-5,8-10H,6-7H2,1-3H3. The van der Waals surface area contributed by atoms with Crippen molar-refractivity contribution in [3.63, 3.8) is 0 Å². The van der Waals surface area contributed by atoms with Gasteiger partial charge in [0.1, 0.15) is 11.6 Å². The number of carbonyl (C=O) groups is 1. The Labute approximate surface area is 107 Å². The molecule has 0 atom stereocenters. The van der Waals surface area contributed by atoms with E-state index in [1.165, 1.54) is 11.4 Å². The van der Waals surface area contributed by atoms with Gasteiger partial charge in [0.25, 0.3) is 0 Å². The lowest BCUT2D eigenvalue weighted by atomic mass is 10.1. The molecule has 0 aliphatic heterocycles. The molecule has 94 valence electrons. The maximum absolute atomic E-state index is 10.9. The van der Waals surface area contributed by atoms with E-state index in [1.54, 1.807) is 6.92 Å². The van der Waals surface area contributed by atoms with Crippen LogP contribution in [0.2, 0.25) is 0 Å². The van der Waals surface area contributed by atoms with Crippen LogP contribution in [0.1, 0.15) is 30.3 Å². The molecule has 0 N–H and O–H groups in total. The van der Waals surface area contributed by atoms with Crippen LogP contribution < -0.4 is 0 Å². The van der Waals surface area contributed by atoms with Crippen molar-refractivity contribution in [2.45, 2.75) is 33.6 Å². The van der Waals surface area contributed by atoms with Crippen LogP contribution in [0.3, 0.4) is 0 Å². The number of hydrogen-bond acceptors (Lipinski definition) is 2. The lowest BCUT2D eigenvalue weighted by Crippen LogP contribution is -2.02. The Morgan fingerprint density at radius 1 is 1.17 bits per heavy atom. The minimum absolute atomic E-state index is 0.219. The molecule has 0 aromatic carbocycles. The smallest absolute Gasteiger partial charge is 0.136 e. The zero-order valence-electron chi connectivity index (χ0n) is 11.1. The molecule has 2 rings (SSSR count). The molecule has 2 heterocycles. The maximum Gasteiger partial charge on any atom is 0.136 e. The number of hydrogen-bond donors (Lipinski definition) is 0. The van der Waals surface area contributed by atoms with E-state index >= 15 is 0 Å². The monoisotopic (exact) mass is 242 g/mol. The molecule has 2 aromatic heterocycles. The van der Waals surface area contributed by atoms with Crippen LogP contribution in [0.4, 0.5) is 0 Å². The van der Waals surface area contributed by atoms with Crippen molar-refractivity contribution in [2.75, 3.05) is 0 Å². The fraction of sp³-hybridized carbons (Fsp3) is 0.333. The highest BCUT2D eigenvalue weighted by Crippen LogP contribution is 2.14. The Bertz CT molecular complexity index is 533. The maximum atomic E-state index is 10.9. The highest BCUT2D eigenvalue weighted by Gasteiger charge is 2.05. The predicted molar refractivity (Wildman–Crippen MR) is 72.0 cm³/mol. The van der Waals surface area contributed by atoms with Gasteiger partial charge in [-0.2, -0.15) is 0 Å². The van der Waals surface area contributed by atoms with E-state index in [1.807, 2.05) is 18.3 Å². The van der Waals surface area contributed by atoms with Crippen LogP contribution in [-0.2, 0) is 11.2 Å². The van der Waals surface area contributed by atoms with Gasteiger partial charge >= 0.3 is 0 Å². The van der Waals surface area contributed by atoms with Gasteiger partial charge in [0.15, 0.2) is 0 Å². The van der Waals surface area contributed by atoms with E-state index in [4.69, 9.17) is 0 Å². The lowest BCUT2D eigenvalue weighted by molar-refractivity contribution is -0.116. The molecule has 3 nitrogen and oxygen atoms in total. The Hall–Kier alpha value is -1.90. The molecule has 0 radical (unpaired) electrons. The molecule has 18 heavy (non-hydrogen) atoms.